The van der Waals surface area contributed by atoms with Gasteiger partial charge in [0.2, 0.25) is 5.91 Å². The quantitative estimate of drug-likeness (QED) is 0.862. The Balaban J connectivity index is 2.38. The third kappa shape index (κ3) is 2.49. The van der Waals surface area contributed by atoms with Gasteiger partial charge in [-0.2, -0.15) is 0 Å². The van der Waals surface area contributed by atoms with E-state index in [9.17, 15) is 14.7 Å². The molecule has 1 atom stereocenters. The Labute approximate surface area is 108 Å². The second-order valence-corrected chi connectivity index (χ2v) is 5.08. The van der Waals surface area contributed by atoms with Crippen LogP contribution in [-0.2, 0) is 9.59 Å². The van der Waals surface area contributed by atoms with Gasteiger partial charge in [-0.05, 0) is 24.6 Å². The molecule has 1 aromatic carbocycles. The molecule has 0 saturated heterocycles. The number of amides is 1. The minimum atomic E-state index is -1.04. The molecule has 1 heterocycles. The second-order valence-electron chi connectivity index (χ2n) is 4.07. The molecule has 0 radical (unpaired) electrons. The number of benzene rings is 1. The highest BCUT2D eigenvalue weighted by atomic mass is 32.2. The molecule has 0 fully saturated rings. The maximum atomic E-state index is 11.7. The smallest absolute Gasteiger partial charge is 0.323 e. The molecule has 1 aliphatic rings. The lowest BCUT2D eigenvalue weighted by Gasteiger charge is -2.28. The van der Waals surface area contributed by atoms with E-state index in [0.717, 1.165) is 10.5 Å². The summed E-state index contributed by atoms with van der Waals surface area (Å²) < 4.78 is 0. The minimum Gasteiger partial charge on any atom is -0.480 e. The van der Waals surface area contributed by atoms with E-state index in [1.807, 2.05) is 0 Å². The van der Waals surface area contributed by atoms with E-state index in [1.54, 1.807) is 25.1 Å². The summed E-state index contributed by atoms with van der Waals surface area (Å²) in [4.78, 5) is 24.6. The summed E-state index contributed by atoms with van der Waals surface area (Å²) in [5.74, 6) is -1.02. The molecule has 0 bridgehead atoms. The van der Waals surface area contributed by atoms with Crippen molar-refractivity contribution in [3.05, 3.63) is 23.8 Å². The summed E-state index contributed by atoms with van der Waals surface area (Å²) in [5, 5.41) is 18.3. The number of carboxylic acid groups (broad SMARTS) is 1. The summed E-state index contributed by atoms with van der Waals surface area (Å²) in [6.07, 6.45) is -0.582. The van der Waals surface area contributed by atoms with Crippen LogP contribution in [0.25, 0.3) is 0 Å². The minimum absolute atomic E-state index is 0.209. The van der Waals surface area contributed by atoms with Crippen LogP contribution in [0, 0.1) is 0 Å². The average molecular weight is 267 g/mol. The van der Waals surface area contributed by atoms with Gasteiger partial charge in [-0.1, -0.05) is 6.07 Å². The molecule has 0 saturated carbocycles. The highest BCUT2D eigenvalue weighted by Gasteiger charge is 2.26. The van der Waals surface area contributed by atoms with Crippen LogP contribution in [0.1, 0.15) is 18.6 Å². The van der Waals surface area contributed by atoms with Crippen molar-refractivity contribution in [3.63, 3.8) is 0 Å². The predicted molar refractivity (Wildman–Crippen MR) is 67.8 cm³/mol. The number of thioether (sulfide) groups is 1. The fraction of sp³-hybridized carbons (Fsp3) is 0.333. The molecule has 0 aromatic heterocycles. The average Bonchev–Trinajstić information content (AvgIpc) is 2.31. The molecule has 2 rings (SSSR count). The number of aliphatic carboxylic acids is 1. The zero-order chi connectivity index (χ0) is 13.3. The third-order valence-corrected chi connectivity index (χ3v) is 3.73. The third-order valence-electron chi connectivity index (χ3n) is 2.70. The van der Waals surface area contributed by atoms with E-state index >= 15 is 0 Å². The molecule has 1 aromatic rings. The number of carbonyl (C=O) groups excluding carboxylic acids is 1. The fourth-order valence-corrected chi connectivity index (χ4v) is 2.77. The van der Waals surface area contributed by atoms with E-state index in [1.165, 1.54) is 16.7 Å². The number of carbonyl (C=O) groups is 2. The van der Waals surface area contributed by atoms with Crippen LogP contribution >= 0.6 is 11.8 Å². The van der Waals surface area contributed by atoms with Gasteiger partial charge in [0.25, 0.3) is 0 Å². The van der Waals surface area contributed by atoms with Gasteiger partial charge in [0.1, 0.15) is 6.54 Å². The lowest BCUT2D eigenvalue weighted by Crippen LogP contribution is -2.39. The van der Waals surface area contributed by atoms with Crippen molar-refractivity contribution in [3.8, 4) is 0 Å². The SMILES string of the molecule is CC(O)c1ccc2c(c1)SCC(=O)N2CC(=O)O. The van der Waals surface area contributed by atoms with Gasteiger partial charge in [-0.15, -0.1) is 11.8 Å². The number of anilines is 1. The van der Waals surface area contributed by atoms with E-state index in [-0.39, 0.29) is 18.2 Å². The Morgan fingerprint density at radius 3 is 2.89 bits per heavy atom. The van der Waals surface area contributed by atoms with Crippen molar-refractivity contribution in [2.45, 2.75) is 17.9 Å². The van der Waals surface area contributed by atoms with Crippen LogP contribution in [0.3, 0.4) is 0 Å². The van der Waals surface area contributed by atoms with Crippen molar-refractivity contribution in [1.82, 2.24) is 0 Å². The zero-order valence-corrected chi connectivity index (χ0v) is 10.6. The first-order chi connectivity index (χ1) is 8.49. The summed E-state index contributed by atoms with van der Waals surface area (Å²) in [7, 11) is 0. The number of aliphatic hydroxyl groups excluding tert-OH is 1. The molecule has 18 heavy (non-hydrogen) atoms. The Morgan fingerprint density at radius 2 is 2.28 bits per heavy atom. The Morgan fingerprint density at radius 1 is 1.56 bits per heavy atom. The van der Waals surface area contributed by atoms with Crippen LogP contribution in [0.2, 0.25) is 0 Å². The molecule has 0 spiro atoms. The molecule has 96 valence electrons. The number of aliphatic hydroxyl groups is 1. The molecule has 0 aliphatic carbocycles. The number of fused-ring (bicyclic) bond motifs is 1. The summed E-state index contributed by atoms with van der Waals surface area (Å²) in [6.45, 7) is 1.33. The monoisotopic (exact) mass is 267 g/mol. The number of hydrogen-bond acceptors (Lipinski definition) is 4. The van der Waals surface area contributed by atoms with E-state index < -0.39 is 12.1 Å². The highest BCUT2D eigenvalue weighted by molar-refractivity contribution is 8.00. The standard InChI is InChI=1S/C12H13NO4S/c1-7(14)8-2-3-9-10(4-8)18-6-11(15)13(9)5-12(16)17/h2-4,7,14H,5-6H2,1H3,(H,16,17). The van der Waals surface area contributed by atoms with Crippen LogP contribution < -0.4 is 4.90 Å². The first kappa shape index (κ1) is 12.9. The molecule has 5 nitrogen and oxygen atoms in total. The summed E-state index contributed by atoms with van der Waals surface area (Å²) >= 11 is 1.36. The molecule has 1 amide bonds. The summed E-state index contributed by atoms with van der Waals surface area (Å²) in [5.41, 5.74) is 1.36. The van der Waals surface area contributed by atoms with Crippen LogP contribution in [0.15, 0.2) is 23.1 Å². The second kappa shape index (κ2) is 4.99. The summed E-state index contributed by atoms with van der Waals surface area (Å²) in [6, 6.07) is 5.19. The zero-order valence-electron chi connectivity index (χ0n) is 9.79. The maximum Gasteiger partial charge on any atom is 0.323 e. The molecule has 2 N–H and O–H groups in total. The van der Waals surface area contributed by atoms with Gasteiger partial charge < -0.3 is 10.2 Å². The van der Waals surface area contributed by atoms with E-state index in [4.69, 9.17) is 5.11 Å². The highest BCUT2D eigenvalue weighted by Crippen LogP contribution is 2.36. The largest absolute Gasteiger partial charge is 0.480 e. The topological polar surface area (TPSA) is 77.8 Å². The Kier molecular flexibility index (Phi) is 3.58. The number of hydrogen-bond donors (Lipinski definition) is 2. The van der Waals surface area contributed by atoms with E-state index in [0.29, 0.717) is 5.69 Å². The van der Waals surface area contributed by atoms with Gasteiger partial charge in [-0.25, -0.2) is 0 Å². The van der Waals surface area contributed by atoms with Crippen LogP contribution in [0.5, 0.6) is 0 Å². The molecule has 6 heteroatoms. The van der Waals surface area contributed by atoms with Crippen molar-refractivity contribution in [2.75, 3.05) is 17.2 Å². The number of carboxylic acids is 1. The lowest BCUT2D eigenvalue weighted by atomic mass is 10.1. The molecule has 1 aliphatic heterocycles. The van der Waals surface area contributed by atoms with Crippen molar-refractivity contribution < 1.29 is 19.8 Å². The van der Waals surface area contributed by atoms with Gasteiger partial charge in [-0.3, -0.25) is 14.5 Å². The molecular formula is C12H13NO4S. The lowest BCUT2D eigenvalue weighted by molar-refractivity contribution is -0.136. The van der Waals surface area contributed by atoms with Crippen molar-refractivity contribution in [2.24, 2.45) is 0 Å². The van der Waals surface area contributed by atoms with Crippen molar-refractivity contribution >= 4 is 29.3 Å². The van der Waals surface area contributed by atoms with Gasteiger partial charge >= 0.3 is 5.97 Å². The normalized spacial score (nSPS) is 16.3. The van der Waals surface area contributed by atoms with E-state index in [2.05, 4.69) is 0 Å². The molecular weight excluding hydrogens is 254 g/mol. The first-order valence-electron chi connectivity index (χ1n) is 5.46. The predicted octanol–water partition coefficient (Wildman–Crippen LogP) is 1.26. The van der Waals surface area contributed by atoms with Gasteiger partial charge in [0.05, 0.1) is 17.5 Å². The molecule has 1 unspecified atom stereocenters. The van der Waals surface area contributed by atoms with Crippen molar-refractivity contribution in [1.29, 1.82) is 0 Å². The van der Waals surface area contributed by atoms with Gasteiger partial charge in [0, 0.05) is 4.90 Å². The first-order valence-corrected chi connectivity index (χ1v) is 6.44. The number of nitrogens with zero attached hydrogens (tertiary/aromatic N) is 1. The Hall–Kier alpha value is -1.53. The fourth-order valence-electron chi connectivity index (χ4n) is 1.79. The maximum absolute atomic E-state index is 11.7. The number of rotatable bonds is 3. The van der Waals surface area contributed by atoms with Crippen LogP contribution in [0.4, 0.5) is 5.69 Å². The Bertz CT molecular complexity index is 501. The van der Waals surface area contributed by atoms with Gasteiger partial charge in [0.15, 0.2) is 0 Å². The van der Waals surface area contributed by atoms with Crippen LogP contribution in [-0.4, -0.2) is 34.4 Å².